The third kappa shape index (κ3) is 4.17. The van der Waals surface area contributed by atoms with Crippen molar-refractivity contribution in [3.63, 3.8) is 0 Å². The van der Waals surface area contributed by atoms with Gasteiger partial charge >= 0.3 is 0 Å². The van der Waals surface area contributed by atoms with Crippen molar-refractivity contribution in [1.82, 2.24) is 4.98 Å². The lowest BCUT2D eigenvalue weighted by Gasteiger charge is -2.17. The van der Waals surface area contributed by atoms with Crippen LogP contribution in [-0.2, 0) is 0 Å². The van der Waals surface area contributed by atoms with Gasteiger partial charge in [-0.3, -0.25) is 4.79 Å². The quantitative estimate of drug-likeness (QED) is 0.714. The molecule has 0 aliphatic rings. The van der Waals surface area contributed by atoms with Crippen LogP contribution in [0.15, 0.2) is 66.9 Å². The van der Waals surface area contributed by atoms with Gasteiger partial charge < -0.3 is 19.7 Å². The number of hydrogen-bond acceptors (Lipinski definition) is 5. The number of anilines is 3. The Hall–Kier alpha value is -3.54. The number of hydrogen-bond donors (Lipinski definition) is 1. The highest BCUT2D eigenvalue weighted by Gasteiger charge is 2.14. The zero-order chi connectivity index (χ0) is 19.2. The maximum atomic E-state index is 12.8. The number of para-hydroxylation sites is 1. The topological polar surface area (TPSA) is 63.7 Å². The van der Waals surface area contributed by atoms with Crippen LogP contribution in [0.25, 0.3) is 0 Å². The van der Waals surface area contributed by atoms with Gasteiger partial charge in [-0.05, 0) is 36.4 Å². The molecule has 3 aromatic rings. The molecule has 138 valence electrons. The summed E-state index contributed by atoms with van der Waals surface area (Å²) < 4.78 is 10.6. The van der Waals surface area contributed by atoms with Crippen molar-refractivity contribution >= 4 is 23.1 Å². The molecule has 1 heterocycles. The molecule has 0 unspecified atom stereocenters. The first-order valence-corrected chi connectivity index (χ1v) is 8.40. The molecule has 6 nitrogen and oxygen atoms in total. The minimum Gasteiger partial charge on any atom is -0.493 e. The number of nitrogens with one attached hydrogen (secondary N) is 1. The van der Waals surface area contributed by atoms with Gasteiger partial charge in [0.2, 0.25) is 0 Å². The van der Waals surface area contributed by atoms with Gasteiger partial charge in [0, 0.05) is 36.2 Å². The van der Waals surface area contributed by atoms with Crippen LogP contribution >= 0.6 is 0 Å². The molecule has 1 N–H and O–H groups in total. The Bertz CT molecular complexity index is 929. The van der Waals surface area contributed by atoms with E-state index in [0.29, 0.717) is 22.9 Å². The van der Waals surface area contributed by atoms with Crippen LogP contribution in [0.5, 0.6) is 11.5 Å². The van der Waals surface area contributed by atoms with E-state index in [9.17, 15) is 4.79 Å². The van der Waals surface area contributed by atoms with E-state index in [2.05, 4.69) is 10.3 Å². The molecule has 0 fully saturated rings. The van der Waals surface area contributed by atoms with Crippen LogP contribution < -0.4 is 19.7 Å². The van der Waals surface area contributed by atoms with E-state index in [0.717, 1.165) is 11.4 Å². The fourth-order valence-corrected chi connectivity index (χ4v) is 2.66. The van der Waals surface area contributed by atoms with Crippen molar-refractivity contribution in [3.05, 3.63) is 72.4 Å². The first-order chi connectivity index (χ1) is 13.1. The third-order valence-corrected chi connectivity index (χ3v) is 4.11. The molecule has 0 bridgehead atoms. The summed E-state index contributed by atoms with van der Waals surface area (Å²) in [6.07, 6.45) is 1.61. The number of carbonyl (C=O) groups is 1. The van der Waals surface area contributed by atoms with Gasteiger partial charge in [-0.2, -0.15) is 0 Å². The van der Waals surface area contributed by atoms with Gasteiger partial charge in [0.05, 0.1) is 14.2 Å². The van der Waals surface area contributed by atoms with Gasteiger partial charge in [-0.1, -0.05) is 18.2 Å². The lowest BCUT2D eigenvalue weighted by atomic mass is 10.2. The molecular weight excluding hydrogens is 342 g/mol. The highest BCUT2D eigenvalue weighted by molar-refractivity contribution is 6.06. The second-order valence-corrected chi connectivity index (χ2v) is 5.82. The summed E-state index contributed by atoms with van der Waals surface area (Å²) in [4.78, 5) is 18.7. The number of pyridine rings is 1. The fourth-order valence-electron chi connectivity index (χ4n) is 2.66. The second kappa shape index (κ2) is 8.23. The van der Waals surface area contributed by atoms with Crippen LogP contribution in [0.4, 0.5) is 17.2 Å². The number of rotatable bonds is 6. The number of aromatic nitrogens is 1. The van der Waals surface area contributed by atoms with Crippen LogP contribution in [0.2, 0.25) is 0 Å². The molecule has 0 saturated heterocycles. The maximum absolute atomic E-state index is 12.8. The summed E-state index contributed by atoms with van der Waals surface area (Å²) in [6, 6.07) is 18.4. The summed E-state index contributed by atoms with van der Waals surface area (Å²) in [5, 5.41) is 3.19. The zero-order valence-electron chi connectivity index (χ0n) is 15.5. The summed E-state index contributed by atoms with van der Waals surface area (Å²) in [6.45, 7) is 0. The summed E-state index contributed by atoms with van der Waals surface area (Å²) in [5.74, 6) is 1.71. The van der Waals surface area contributed by atoms with Crippen molar-refractivity contribution < 1.29 is 14.3 Å². The largest absolute Gasteiger partial charge is 0.493 e. The molecule has 6 heteroatoms. The van der Waals surface area contributed by atoms with Gasteiger partial charge in [0.15, 0.2) is 11.5 Å². The van der Waals surface area contributed by atoms with E-state index >= 15 is 0 Å². The smallest absolute Gasteiger partial charge is 0.258 e. The Morgan fingerprint density at radius 2 is 1.70 bits per heavy atom. The van der Waals surface area contributed by atoms with Crippen LogP contribution in [-0.4, -0.2) is 32.2 Å². The Labute approximate surface area is 158 Å². The number of benzene rings is 2. The third-order valence-electron chi connectivity index (χ3n) is 4.11. The molecule has 1 amide bonds. The van der Waals surface area contributed by atoms with Crippen molar-refractivity contribution in [2.75, 3.05) is 31.5 Å². The Kier molecular flexibility index (Phi) is 5.56. The monoisotopic (exact) mass is 363 g/mol. The van der Waals surface area contributed by atoms with Gasteiger partial charge in [-0.25, -0.2) is 4.98 Å². The summed E-state index contributed by atoms with van der Waals surface area (Å²) in [5.41, 5.74) is 2.15. The minimum atomic E-state index is -0.112. The van der Waals surface area contributed by atoms with Crippen molar-refractivity contribution in [2.24, 2.45) is 0 Å². The molecule has 0 radical (unpaired) electrons. The number of ether oxygens (including phenoxy) is 2. The second-order valence-electron chi connectivity index (χ2n) is 5.82. The van der Waals surface area contributed by atoms with Gasteiger partial charge in [0.25, 0.3) is 5.91 Å². The predicted octanol–water partition coefficient (Wildman–Crippen LogP) is 4.12. The molecule has 2 aromatic carbocycles. The zero-order valence-corrected chi connectivity index (χ0v) is 15.5. The van der Waals surface area contributed by atoms with Gasteiger partial charge in [0.1, 0.15) is 5.82 Å². The van der Waals surface area contributed by atoms with Crippen LogP contribution in [0.3, 0.4) is 0 Å². The van der Waals surface area contributed by atoms with E-state index in [1.165, 1.54) is 0 Å². The number of methoxy groups -OCH3 is 2. The molecule has 1 aromatic heterocycles. The molecule has 0 aliphatic carbocycles. The molecule has 27 heavy (non-hydrogen) atoms. The fraction of sp³-hybridized carbons (Fsp3) is 0.143. The molecule has 0 aliphatic heterocycles. The maximum Gasteiger partial charge on any atom is 0.258 e. The number of amides is 1. The average Bonchev–Trinajstić information content (AvgIpc) is 2.73. The predicted molar refractivity (Wildman–Crippen MR) is 106 cm³/mol. The standard InChI is InChI=1S/C21H21N3O3/c1-24(17-7-5-4-6-8-17)21(25)15-11-12-22-20(13-15)23-16-9-10-18(26-2)19(14-16)27-3/h4-14H,1-3H3,(H,22,23). The Morgan fingerprint density at radius 1 is 0.963 bits per heavy atom. The van der Waals surface area contributed by atoms with E-state index in [1.807, 2.05) is 42.5 Å². The van der Waals surface area contributed by atoms with Crippen molar-refractivity contribution in [2.45, 2.75) is 0 Å². The number of carbonyl (C=O) groups excluding carboxylic acids is 1. The van der Waals surface area contributed by atoms with E-state index in [4.69, 9.17) is 9.47 Å². The normalized spacial score (nSPS) is 10.2. The van der Waals surface area contributed by atoms with E-state index in [1.54, 1.807) is 50.6 Å². The first-order valence-electron chi connectivity index (χ1n) is 8.40. The summed E-state index contributed by atoms with van der Waals surface area (Å²) >= 11 is 0. The highest BCUT2D eigenvalue weighted by atomic mass is 16.5. The Balaban J connectivity index is 1.80. The van der Waals surface area contributed by atoms with Crippen molar-refractivity contribution in [3.8, 4) is 11.5 Å². The van der Waals surface area contributed by atoms with E-state index < -0.39 is 0 Å². The molecule has 0 spiro atoms. The average molecular weight is 363 g/mol. The first kappa shape index (κ1) is 18.3. The molecular formula is C21H21N3O3. The highest BCUT2D eigenvalue weighted by Crippen LogP contribution is 2.31. The number of nitrogens with zero attached hydrogens (tertiary/aromatic N) is 2. The van der Waals surface area contributed by atoms with Crippen LogP contribution in [0, 0.1) is 0 Å². The van der Waals surface area contributed by atoms with Crippen LogP contribution in [0.1, 0.15) is 10.4 Å². The molecule has 3 rings (SSSR count). The molecule has 0 saturated carbocycles. The van der Waals surface area contributed by atoms with Gasteiger partial charge in [-0.15, -0.1) is 0 Å². The minimum absolute atomic E-state index is 0.112. The van der Waals surface area contributed by atoms with Crippen molar-refractivity contribution in [1.29, 1.82) is 0 Å². The van der Waals surface area contributed by atoms with E-state index in [-0.39, 0.29) is 5.91 Å². The lowest BCUT2D eigenvalue weighted by Crippen LogP contribution is -2.26. The Morgan fingerprint density at radius 3 is 2.41 bits per heavy atom. The summed E-state index contributed by atoms with van der Waals surface area (Å²) in [7, 11) is 4.92. The molecule has 0 atom stereocenters. The lowest BCUT2D eigenvalue weighted by molar-refractivity contribution is 0.0993. The SMILES string of the molecule is COc1ccc(Nc2cc(C(=O)N(C)c3ccccc3)ccn2)cc1OC.